The fourth-order valence-electron chi connectivity index (χ4n) is 9.45. The van der Waals surface area contributed by atoms with E-state index in [-0.39, 0.29) is 0 Å². The van der Waals surface area contributed by atoms with E-state index >= 15 is 0 Å². The molecule has 4 aromatic carbocycles. The summed E-state index contributed by atoms with van der Waals surface area (Å²) in [5.74, 6) is 6.91. The second kappa shape index (κ2) is 17.1. The van der Waals surface area contributed by atoms with Gasteiger partial charge in [-0.15, -0.1) is 11.1 Å². The number of aromatic nitrogens is 4. The number of nitrogens with zero attached hydrogens (tertiary/aromatic N) is 2. The fraction of sp³-hybridized carbons (Fsp3) is 0.200. The Bertz CT molecular complexity index is 3210. The predicted molar refractivity (Wildman–Crippen MR) is 289 cm³/mol. The second-order valence-corrected chi connectivity index (χ2v) is 29.7. The summed E-state index contributed by atoms with van der Waals surface area (Å²) in [7, 11) is -3.11. The van der Waals surface area contributed by atoms with Gasteiger partial charge in [0.1, 0.15) is 16.1 Å². The highest BCUT2D eigenvalue weighted by Crippen LogP contribution is 2.41. The van der Waals surface area contributed by atoms with Gasteiger partial charge in [-0.2, -0.15) is 0 Å². The summed E-state index contributed by atoms with van der Waals surface area (Å²) in [6.07, 6.45) is 8.73. The van der Waals surface area contributed by atoms with Crippen molar-refractivity contribution < 1.29 is 0 Å². The minimum absolute atomic E-state index is 0.879. The van der Waals surface area contributed by atoms with Crippen LogP contribution in [-0.4, -0.2) is 36.1 Å². The Labute approximate surface area is 393 Å². The first-order valence-electron chi connectivity index (χ1n) is 23.0. The van der Waals surface area contributed by atoms with Crippen LogP contribution < -0.4 is 0 Å². The third kappa shape index (κ3) is 9.00. The number of hydrogen-bond donors (Lipinski definition) is 2. The zero-order valence-electron chi connectivity index (χ0n) is 40.4. The number of hydrogen-bond acceptors (Lipinski definition) is 2. The molecule has 6 heteroatoms. The van der Waals surface area contributed by atoms with Gasteiger partial charge in [-0.25, -0.2) is 9.97 Å². The highest BCUT2D eigenvalue weighted by Gasteiger charge is 2.22. The lowest BCUT2D eigenvalue weighted by Crippen LogP contribution is -2.16. The van der Waals surface area contributed by atoms with Crippen LogP contribution in [0.25, 0.3) is 90.9 Å². The average molecular weight is 891 g/mol. The monoisotopic (exact) mass is 890 g/mol. The number of benzene rings is 4. The van der Waals surface area contributed by atoms with Crippen LogP contribution in [0.5, 0.6) is 0 Å². The van der Waals surface area contributed by atoms with Gasteiger partial charge < -0.3 is 9.97 Å². The van der Waals surface area contributed by atoms with E-state index in [9.17, 15) is 0 Å². The van der Waals surface area contributed by atoms with E-state index in [4.69, 9.17) is 9.97 Å². The van der Waals surface area contributed by atoms with Crippen molar-refractivity contribution in [3.05, 3.63) is 164 Å². The molecule has 0 saturated heterocycles. The van der Waals surface area contributed by atoms with Crippen LogP contribution in [0.3, 0.4) is 0 Å². The van der Waals surface area contributed by atoms with Crippen LogP contribution in [0.15, 0.2) is 97.1 Å². The molecule has 5 heterocycles. The lowest BCUT2D eigenvalue weighted by Gasteiger charge is -2.14. The topological polar surface area (TPSA) is 57.4 Å². The van der Waals surface area contributed by atoms with Crippen LogP contribution in [0, 0.1) is 64.5 Å². The Balaban J connectivity index is 1.43. The lowest BCUT2D eigenvalue weighted by molar-refractivity contribution is 1.27. The number of aromatic amines is 2. The van der Waals surface area contributed by atoms with Crippen molar-refractivity contribution >= 4 is 62.5 Å². The molecule has 4 nitrogen and oxygen atoms in total. The van der Waals surface area contributed by atoms with E-state index in [1.54, 1.807) is 0 Å². The molecule has 0 atom stereocenters. The SMILES string of the molecule is Cc1cc(C)c(-c2c3nc(c(-c4c(C)cc(C)cc4C)c4ccc([nH]4)c(-c4ccc(C#C[Si](C)(C)C)cc4)c4nc(c(-c5ccc(C#C[Si](C)(C)C)cc5)c5ccc2[nH]5)C=C4)C=C3)c(C)c1. The van der Waals surface area contributed by atoms with E-state index in [1.807, 2.05) is 0 Å². The van der Waals surface area contributed by atoms with Crippen molar-refractivity contribution in [2.45, 2.75) is 80.8 Å². The van der Waals surface area contributed by atoms with Crippen molar-refractivity contribution in [1.29, 1.82) is 0 Å². The highest BCUT2D eigenvalue weighted by molar-refractivity contribution is 6.84. The smallest absolute Gasteiger partial charge is 0.129 e. The van der Waals surface area contributed by atoms with Gasteiger partial charge in [-0.1, -0.05) is 111 Å². The molecular weight excluding hydrogens is 833 g/mol. The Kier molecular flexibility index (Phi) is 11.5. The first kappa shape index (κ1) is 44.2. The van der Waals surface area contributed by atoms with Crippen LogP contribution in [0.4, 0.5) is 0 Å². The number of nitrogens with one attached hydrogen (secondary N) is 2. The molecule has 66 heavy (non-hydrogen) atoms. The lowest BCUT2D eigenvalue weighted by atomic mass is 9.92. The Hall–Kier alpha value is -6.97. The van der Waals surface area contributed by atoms with Crippen molar-refractivity contribution in [2.75, 3.05) is 0 Å². The summed E-state index contributed by atoms with van der Waals surface area (Å²) in [5, 5.41) is 0. The molecule has 3 aromatic heterocycles. The molecule has 0 amide bonds. The van der Waals surface area contributed by atoms with Crippen molar-refractivity contribution in [1.82, 2.24) is 19.9 Å². The molecule has 0 radical (unpaired) electrons. The quantitative estimate of drug-likeness (QED) is 0.137. The van der Waals surface area contributed by atoms with Gasteiger partial charge in [0.2, 0.25) is 0 Å². The Morgan fingerprint density at radius 3 is 0.955 bits per heavy atom. The summed E-state index contributed by atoms with van der Waals surface area (Å²) in [4.78, 5) is 19.1. The maximum absolute atomic E-state index is 5.63. The van der Waals surface area contributed by atoms with Gasteiger partial charge in [-0.05, 0) is 159 Å². The molecule has 2 N–H and O–H groups in total. The van der Waals surface area contributed by atoms with Crippen LogP contribution in [0.1, 0.15) is 67.3 Å². The van der Waals surface area contributed by atoms with Gasteiger partial charge in [0.25, 0.3) is 0 Å². The Morgan fingerprint density at radius 1 is 0.364 bits per heavy atom. The zero-order chi connectivity index (χ0) is 46.7. The largest absolute Gasteiger partial charge is 0.354 e. The third-order valence-electron chi connectivity index (χ3n) is 12.1. The number of rotatable bonds is 4. The standard InChI is InChI=1S/C60H58N4Si2/c1-37-33-39(3)55(40(4)34-37)59-51-25-23-49(62-51)57(45-17-13-43(14-18-45)29-31-65(7,8)9)47-21-22-48(61-47)58(46-19-15-44(16-20-46)30-32-66(10,11)12)50-24-26-52(63-50)60(54-28-27-53(59)64-54)56-41(5)35-38(2)36-42(56)6/h13-28,33-36,62-63H,1-12H3. The summed E-state index contributed by atoms with van der Waals surface area (Å²) in [6.45, 7) is 26.9. The minimum atomic E-state index is -1.55. The van der Waals surface area contributed by atoms with Crippen molar-refractivity contribution in [3.63, 3.8) is 0 Å². The van der Waals surface area contributed by atoms with Gasteiger partial charge >= 0.3 is 0 Å². The molecule has 0 aliphatic carbocycles. The molecule has 0 saturated carbocycles. The molecule has 2 aliphatic heterocycles. The van der Waals surface area contributed by atoms with E-state index < -0.39 is 16.1 Å². The number of aryl methyl sites for hydroxylation is 6. The van der Waals surface area contributed by atoms with Crippen LogP contribution in [0.2, 0.25) is 39.3 Å². The number of H-pyrrole nitrogens is 2. The fourth-order valence-corrected chi connectivity index (χ4v) is 10.5. The van der Waals surface area contributed by atoms with E-state index in [0.717, 1.165) is 89.4 Å². The van der Waals surface area contributed by atoms with Gasteiger partial charge in [0, 0.05) is 55.4 Å². The molecule has 2 aliphatic rings. The Morgan fingerprint density at radius 2 is 0.652 bits per heavy atom. The maximum atomic E-state index is 5.63. The molecule has 326 valence electrons. The molecular formula is C60H58N4Si2. The third-order valence-corrected chi connectivity index (χ3v) is 13.9. The minimum Gasteiger partial charge on any atom is -0.354 e. The van der Waals surface area contributed by atoms with E-state index in [2.05, 4.69) is 235 Å². The second-order valence-electron chi connectivity index (χ2n) is 20.2. The summed E-state index contributed by atoms with van der Waals surface area (Å²) < 4.78 is 0. The molecule has 0 spiro atoms. The van der Waals surface area contributed by atoms with Gasteiger partial charge in [0.05, 0.1) is 22.8 Å². The van der Waals surface area contributed by atoms with Crippen molar-refractivity contribution in [2.24, 2.45) is 0 Å². The molecule has 7 aromatic rings. The van der Waals surface area contributed by atoms with Gasteiger partial charge in [0.15, 0.2) is 0 Å². The van der Waals surface area contributed by atoms with Crippen LogP contribution >= 0.6 is 0 Å². The van der Waals surface area contributed by atoms with Crippen molar-refractivity contribution in [3.8, 4) is 67.4 Å². The summed E-state index contributed by atoms with van der Waals surface area (Å²) in [5.41, 5.74) is 32.6. The first-order chi connectivity index (χ1) is 31.4. The van der Waals surface area contributed by atoms with Crippen LogP contribution in [-0.2, 0) is 0 Å². The predicted octanol–water partition coefficient (Wildman–Crippen LogP) is 15.6. The molecule has 0 unspecified atom stereocenters. The molecule has 9 rings (SSSR count). The average Bonchev–Trinajstić information content (AvgIpc) is 4.09. The highest BCUT2D eigenvalue weighted by atomic mass is 28.3. The first-order valence-corrected chi connectivity index (χ1v) is 30.0. The number of fused-ring (bicyclic) bond motifs is 8. The van der Waals surface area contributed by atoms with E-state index in [0.29, 0.717) is 0 Å². The maximum Gasteiger partial charge on any atom is 0.129 e. The van der Waals surface area contributed by atoms with E-state index in [1.165, 1.54) is 44.5 Å². The summed E-state index contributed by atoms with van der Waals surface area (Å²) >= 11 is 0. The molecule has 8 bridgehead atoms. The summed E-state index contributed by atoms with van der Waals surface area (Å²) in [6, 6.07) is 35.3. The van der Waals surface area contributed by atoms with Gasteiger partial charge in [-0.3, -0.25) is 0 Å². The normalized spacial score (nSPS) is 12.2. The molecule has 0 fully saturated rings. The zero-order valence-corrected chi connectivity index (χ0v) is 42.4.